The first kappa shape index (κ1) is 21.2. The predicted molar refractivity (Wildman–Crippen MR) is 100 cm³/mol. The molecule has 0 bridgehead atoms. The summed E-state index contributed by atoms with van der Waals surface area (Å²) in [6.07, 6.45) is 1.08. The maximum absolute atomic E-state index is 12.2. The highest BCUT2D eigenvalue weighted by Crippen LogP contribution is 2.23. The van der Waals surface area contributed by atoms with Crippen LogP contribution in [-0.2, 0) is 14.6 Å². The van der Waals surface area contributed by atoms with Crippen molar-refractivity contribution in [2.45, 2.75) is 58.8 Å². The Bertz CT molecular complexity index is 515. The number of ether oxygens (including phenoxy) is 1. The number of hydrogen-bond donors (Lipinski definition) is 1. The molecule has 0 aromatic heterocycles. The van der Waals surface area contributed by atoms with Crippen molar-refractivity contribution in [3.05, 3.63) is 0 Å². The van der Waals surface area contributed by atoms with Gasteiger partial charge in [0.2, 0.25) is 0 Å². The van der Waals surface area contributed by atoms with Crippen LogP contribution in [-0.4, -0.2) is 68.7 Å². The van der Waals surface area contributed by atoms with Gasteiger partial charge in [-0.2, -0.15) is 0 Å². The van der Waals surface area contributed by atoms with Gasteiger partial charge in [-0.1, -0.05) is 13.8 Å². The summed E-state index contributed by atoms with van der Waals surface area (Å²) in [5.74, 6) is 1.44. The molecule has 1 aliphatic rings. The summed E-state index contributed by atoms with van der Waals surface area (Å²) in [6, 6.07) is 0. The van der Waals surface area contributed by atoms with Crippen molar-refractivity contribution in [2.24, 2.45) is 10.9 Å². The standard InChI is InChI=1S/C17H35N3O3S/c1-7-18-16(19-10-9-15(14(3)4)23-8-2)20-11-12-24(21,22)17(5,6)13-20/h14-15H,7-13H2,1-6H3,(H,18,19). The zero-order chi connectivity index (χ0) is 18.4. The van der Waals surface area contributed by atoms with Crippen molar-refractivity contribution >= 4 is 15.8 Å². The molecule has 0 radical (unpaired) electrons. The molecule has 0 amide bonds. The highest BCUT2D eigenvalue weighted by molar-refractivity contribution is 7.92. The average Bonchev–Trinajstić information content (AvgIpc) is 2.48. The molecule has 24 heavy (non-hydrogen) atoms. The van der Waals surface area contributed by atoms with Gasteiger partial charge in [-0.05, 0) is 40.0 Å². The Balaban J connectivity index is 2.76. The average molecular weight is 362 g/mol. The number of hydrogen-bond acceptors (Lipinski definition) is 4. The van der Waals surface area contributed by atoms with Gasteiger partial charge in [0.05, 0.1) is 16.6 Å². The summed E-state index contributed by atoms with van der Waals surface area (Å²) in [4.78, 5) is 6.78. The molecule has 1 N–H and O–H groups in total. The molecule has 1 rings (SSSR count). The topological polar surface area (TPSA) is 71.0 Å². The van der Waals surface area contributed by atoms with Crippen molar-refractivity contribution < 1.29 is 13.2 Å². The number of guanidine groups is 1. The fourth-order valence-electron chi connectivity index (χ4n) is 2.87. The van der Waals surface area contributed by atoms with Gasteiger partial charge in [0.25, 0.3) is 0 Å². The van der Waals surface area contributed by atoms with Crippen LogP contribution in [0.25, 0.3) is 0 Å². The van der Waals surface area contributed by atoms with E-state index in [1.165, 1.54) is 0 Å². The largest absolute Gasteiger partial charge is 0.378 e. The molecule has 7 heteroatoms. The maximum Gasteiger partial charge on any atom is 0.193 e. The third-order valence-electron chi connectivity index (χ3n) is 4.48. The monoisotopic (exact) mass is 361 g/mol. The van der Waals surface area contributed by atoms with Crippen LogP contribution in [0.15, 0.2) is 4.99 Å². The van der Waals surface area contributed by atoms with Gasteiger partial charge in [0.15, 0.2) is 15.8 Å². The highest BCUT2D eigenvalue weighted by atomic mass is 32.2. The van der Waals surface area contributed by atoms with Gasteiger partial charge < -0.3 is 15.0 Å². The predicted octanol–water partition coefficient (Wildman–Crippen LogP) is 1.91. The number of sulfone groups is 1. The van der Waals surface area contributed by atoms with Crippen molar-refractivity contribution in [1.82, 2.24) is 10.2 Å². The van der Waals surface area contributed by atoms with E-state index in [-0.39, 0.29) is 11.9 Å². The van der Waals surface area contributed by atoms with E-state index in [9.17, 15) is 8.42 Å². The summed E-state index contributed by atoms with van der Waals surface area (Å²) in [5.41, 5.74) is 0. The molecule has 6 nitrogen and oxygen atoms in total. The molecule has 142 valence electrons. The van der Waals surface area contributed by atoms with Crippen molar-refractivity contribution in [3.8, 4) is 0 Å². The Morgan fingerprint density at radius 2 is 2.00 bits per heavy atom. The minimum atomic E-state index is -3.04. The van der Waals surface area contributed by atoms with E-state index in [1.54, 1.807) is 13.8 Å². The molecule has 1 fully saturated rings. The normalized spacial score (nSPS) is 21.8. The first-order valence-electron chi connectivity index (χ1n) is 9.01. The number of rotatable bonds is 7. The van der Waals surface area contributed by atoms with E-state index < -0.39 is 14.6 Å². The SMILES string of the molecule is CCNC(=NCCC(OCC)C(C)C)N1CCS(=O)(=O)C(C)(C)C1. The lowest BCUT2D eigenvalue weighted by molar-refractivity contribution is 0.0266. The van der Waals surface area contributed by atoms with Crippen LogP contribution in [0.1, 0.15) is 48.0 Å². The van der Waals surface area contributed by atoms with E-state index >= 15 is 0 Å². The van der Waals surface area contributed by atoms with Crippen LogP contribution in [0.5, 0.6) is 0 Å². The molecule has 0 aromatic rings. The van der Waals surface area contributed by atoms with Gasteiger partial charge in [-0.3, -0.25) is 4.99 Å². The Labute approximate surface area is 148 Å². The second-order valence-corrected chi connectivity index (χ2v) is 10.0. The second kappa shape index (κ2) is 9.04. The van der Waals surface area contributed by atoms with Gasteiger partial charge in [-0.25, -0.2) is 8.42 Å². The first-order valence-corrected chi connectivity index (χ1v) is 10.7. The quantitative estimate of drug-likeness (QED) is 0.554. The lowest BCUT2D eigenvalue weighted by atomic mass is 10.0. The third kappa shape index (κ3) is 5.62. The fourth-order valence-corrected chi connectivity index (χ4v) is 4.24. The lowest BCUT2D eigenvalue weighted by Gasteiger charge is -2.39. The van der Waals surface area contributed by atoms with Crippen LogP contribution < -0.4 is 5.32 Å². The van der Waals surface area contributed by atoms with E-state index in [0.29, 0.717) is 32.2 Å². The van der Waals surface area contributed by atoms with E-state index in [2.05, 4.69) is 24.1 Å². The molecule has 1 heterocycles. The fraction of sp³-hybridized carbons (Fsp3) is 0.941. The molecular weight excluding hydrogens is 326 g/mol. The van der Waals surface area contributed by atoms with Gasteiger partial charge in [-0.15, -0.1) is 0 Å². The van der Waals surface area contributed by atoms with Crippen molar-refractivity contribution in [1.29, 1.82) is 0 Å². The van der Waals surface area contributed by atoms with Crippen molar-refractivity contribution in [3.63, 3.8) is 0 Å². The summed E-state index contributed by atoms with van der Waals surface area (Å²) in [6.45, 7) is 15.1. The molecule has 0 aromatic carbocycles. The van der Waals surface area contributed by atoms with Gasteiger partial charge in [0, 0.05) is 32.8 Å². The van der Waals surface area contributed by atoms with Crippen LogP contribution in [0.4, 0.5) is 0 Å². The summed E-state index contributed by atoms with van der Waals surface area (Å²) in [7, 11) is -3.04. The Morgan fingerprint density at radius 1 is 1.33 bits per heavy atom. The van der Waals surface area contributed by atoms with Crippen molar-refractivity contribution in [2.75, 3.05) is 38.5 Å². The number of nitrogens with zero attached hydrogens (tertiary/aromatic N) is 2. The minimum Gasteiger partial charge on any atom is -0.378 e. The van der Waals surface area contributed by atoms with E-state index in [4.69, 9.17) is 9.73 Å². The molecule has 1 aliphatic heterocycles. The summed E-state index contributed by atoms with van der Waals surface area (Å²) < 4.78 is 29.4. The van der Waals surface area contributed by atoms with E-state index in [1.807, 2.05) is 13.8 Å². The van der Waals surface area contributed by atoms with Gasteiger partial charge in [0.1, 0.15) is 0 Å². The first-order chi connectivity index (χ1) is 11.1. The third-order valence-corrected chi connectivity index (χ3v) is 7.01. The zero-order valence-corrected chi connectivity index (χ0v) is 16.9. The summed E-state index contributed by atoms with van der Waals surface area (Å²) in [5, 5.41) is 3.29. The molecule has 0 aliphatic carbocycles. The van der Waals surface area contributed by atoms with E-state index in [0.717, 1.165) is 18.9 Å². The smallest absolute Gasteiger partial charge is 0.193 e. The Kier molecular flexibility index (Phi) is 7.99. The number of nitrogens with one attached hydrogen (secondary N) is 1. The molecule has 0 saturated carbocycles. The minimum absolute atomic E-state index is 0.179. The molecule has 1 saturated heterocycles. The van der Waals surface area contributed by atoms with Crippen LogP contribution >= 0.6 is 0 Å². The maximum atomic E-state index is 12.2. The highest BCUT2D eigenvalue weighted by Gasteiger charge is 2.40. The molecular formula is C17H35N3O3S. The van der Waals surface area contributed by atoms with Crippen LogP contribution in [0.2, 0.25) is 0 Å². The van der Waals surface area contributed by atoms with Gasteiger partial charge >= 0.3 is 0 Å². The molecule has 1 atom stereocenters. The molecule has 0 spiro atoms. The van der Waals surface area contributed by atoms with Crippen LogP contribution in [0, 0.1) is 5.92 Å². The second-order valence-electron chi connectivity index (χ2n) is 7.26. The lowest BCUT2D eigenvalue weighted by Crippen LogP contribution is -2.57. The number of aliphatic imine (C=N–C) groups is 1. The molecule has 1 unspecified atom stereocenters. The van der Waals surface area contributed by atoms with Crippen LogP contribution in [0.3, 0.4) is 0 Å². The summed E-state index contributed by atoms with van der Waals surface area (Å²) >= 11 is 0. The zero-order valence-electron chi connectivity index (χ0n) is 16.1. The Hall–Kier alpha value is -0.820. The Morgan fingerprint density at radius 3 is 2.50 bits per heavy atom.